The highest BCUT2D eigenvalue weighted by atomic mass is 16.6. The molecule has 5 heteroatoms. The average molecular weight is 304 g/mol. The lowest BCUT2D eigenvalue weighted by molar-refractivity contribution is -0.117. The maximum Gasteiger partial charge on any atom is 0.224 e. The lowest BCUT2D eigenvalue weighted by atomic mass is 9.84. The molecule has 2 aliphatic heterocycles. The number of carbonyl (C=O) groups excluding carboxylic acids is 1. The molecule has 0 saturated carbocycles. The first-order valence-corrected chi connectivity index (χ1v) is 8.12. The van der Waals surface area contributed by atoms with E-state index in [4.69, 9.17) is 9.47 Å². The molecule has 3 rings (SSSR count). The maximum absolute atomic E-state index is 12.2. The summed E-state index contributed by atoms with van der Waals surface area (Å²) in [6.07, 6.45) is 2.90. The number of carbonyl (C=O) groups is 1. The Bertz CT molecular complexity index is 527. The minimum absolute atomic E-state index is 0.0720. The van der Waals surface area contributed by atoms with Gasteiger partial charge < -0.3 is 20.1 Å². The molecular formula is C17H24N2O3. The van der Waals surface area contributed by atoms with Gasteiger partial charge in [-0.25, -0.2) is 0 Å². The number of nitrogens with one attached hydrogen (secondary N) is 2. The van der Waals surface area contributed by atoms with Gasteiger partial charge in [-0.1, -0.05) is 6.92 Å². The number of ether oxygens (including phenoxy) is 2. The van der Waals surface area contributed by atoms with Crippen LogP contribution >= 0.6 is 0 Å². The quantitative estimate of drug-likeness (QED) is 0.897. The van der Waals surface area contributed by atoms with Gasteiger partial charge in [0.25, 0.3) is 0 Å². The van der Waals surface area contributed by atoms with E-state index in [0.29, 0.717) is 37.2 Å². The maximum atomic E-state index is 12.2. The van der Waals surface area contributed by atoms with Crippen LogP contribution in [-0.4, -0.2) is 32.2 Å². The Morgan fingerprint density at radius 2 is 2.00 bits per heavy atom. The summed E-state index contributed by atoms with van der Waals surface area (Å²) in [5, 5.41) is 6.34. The van der Waals surface area contributed by atoms with Crippen molar-refractivity contribution in [2.75, 3.05) is 31.6 Å². The Morgan fingerprint density at radius 1 is 1.27 bits per heavy atom. The van der Waals surface area contributed by atoms with Crippen LogP contribution in [0.15, 0.2) is 18.2 Å². The second-order valence-electron chi connectivity index (χ2n) is 6.18. The molecular weight excluding hydrogens is 280 g/mol. The summed E-state index contributed by atoms with van der Waals surface area (Å²) < 4.78 is 11.0. The minimum Gasteiger partial charge on any atom is -0.486 e. The fourth-order valence-corrected chi connectivity index (χ4v) is 3.21. The largest absolute Gasteiger partial charge is 0.486 e. The van der Waals surface area contributed by atoms with E-state index in [1.165, 1.54) is 12.8 Å². The van der Waals surface area contributed by atoms with E-state index in [9.17, 15) is 4.79 Å². The predicted molar refractivity (Wildman–Crippen MR) is 85.4 cm³/mol. The molecule has 1 fully saturated rings. The average Bonchev–Trinajstić information content (AvgIpc) is 2.55. The number of piperidine rings is 1. The van der Waals surface area contributed by atoms with Crippen LogP contribution in [0.1, 0.15) is 26.2 Å². The van der Waals surface area contributed by atoms with Gasteiger partial charge in [0.2, 0.25) is 5.91 Å². The van der Waals surface area contributed by atoms with Gasteiger partial charge in [0.05, 0.1) is 0 Å². The van der Waals surface area contributed by atoms with E-state index in [2.05, 4.69) is 17.6 Å². The highest BCUT2D eigenvalue weighted by Gasteiger charge is 2.22. The summed E-state index contributed by atoms with van der Waals surface area (Å²) in [5.41, 5.74) is 0.770. The molecule has 120 valence electrons. The molecule has 1 aromatic carbocycles. The van der Waals surface area contributed by atoms with Crippen molar-refractivity contribution in [1.29, 1.82) is 0 Å². The Labute approximate surface area is 131 Å². The van der Waals surface area contributed by atoms with Gasteiger partial charge in [0.15, 0.2) is 11.5 Å². The van der Waals surface area contributed by atoms with Gasteiger partial charge in [0, 0.05) is 18.2 Å². The molecule has 2 heterocycles. The van der Waals surface area contributed by atoms with Crippen molar-refractivity contribution in [3.05, 3.63) is 18.2 Å². The zero-order valence-electron chi connectivity index (χ0n) is 13.1. The van der Waals surface area contributed by atoms with Gasteiger partial charge in [-0.05, 0) is 49.9 Å². The van der Waals surface area contributed by atoms with E-state index in [-0.39, 0.29) is 5.91 Å². The zero-order valence-corrected chi connectivity index (χ0v) is 13.1. The third-order valence-electron chi connectivity index (χ3n) is 4.52. The van der Waals surface area contributed by atoms with Gasteiger partial charge in [-0.2, -0.15) is 0 Å². The standard InChI is InChI=1S/C17H24N2O3/c1-12(13-4-6-18-7-5-13)10-17(20)19-14-2-3-15-16(11-14)22-9-8-21-15/h2-3,11-13,18H,4-10H2,1H3,(H,19,20). The fourth-order valence-electron chi connectivity index (χ4n) is 3.21. The highest BCUT2D eigenvalue weighted by molar-refractivity contribution is 5.91. The topological polar surface area (TPSA) is 59.6 Å². The first-order valence-electron chi connectivity index (χ1n) is 8.12. The molecule has 0 aliphatic carbocycles. The normalized spacial score (nSPS) is 19.5. The summed E-state index contributed by atoms with van der Waals surface area (Å²) in [7, 11) is 0. The van der Waals surface area contributed by atoms with Crippen LogP contribution in [0.2, 0.25) is 0 Å². The molecule has 1 atom stereocenters. The predicted octanol–water partition coefficient (Wildman–Crippen LogP) is 2.42. The van der Waals surface area contributed by atoms with Crippen LogP contribution in [-0.2, 0) is 4.79 Å². The van der Waals surface area contributed by atoms with Crippen LogP contribution in [0.4, 0.5) is 5.69 Å². The first-order chi connectivity index (χ1) is 10.7. The first kappa shape index (κ1) is 15.2. The Hall–Kier alpha value is -1.75. The monoisotopic (exact) mass is 304 g/mol. The number of benzene rings is 1. The van der Waals surface area contributed by atoms with Gasteiger partial charge in [0.1, 0.15) is 13.2 Å². The minimum atomic E-state index is 0.0720. The van der Waals surface area contributed by atoms with Crippen LogP contribution in [0.3, 0.4) is 0 Å². The molecule has 22 heavy (non-hydrogen) atoms. The third-order valence-corrected chi connectivity index (χ3v) is 4.52. The lowest BCUT2D eigenvalue weighted by Crippen LogP contribution is -2.32. The number of amides is 1. The Kier molecular flexibility index (Phi) is 4.83. The van der Waals surface area contributed by atoms with E-state index in [1.807, 2.05) is 18.2 Å². The molecule has 2 N–H and O–H groups in total. The van der Waals surface area contributed by atoms with Gasteiger partial charge >= 0.3 is 0 Å². The summed E-state index contributed by atoms with van der Waals surface area (Å²) in [6.45, 7) is 5.45. The molecule has 0 spiro atoms. The van der Waals surface area contributed by atoms with E-state index < -0.39 is 0 Å². The molecule has 5 nitrogen and oxygen atoms in total. The van der Waals surface area contributed by atoms with Crippen molar-refractivity contribution in [2.45, 2.75) is 26.2 Å². The second-order valence-corrected chi connectivity index (χ2v) is 6.18. The second kappa shape index (κ2) is 7.01. The van der Waals surface area contributed by atoms with E-state index in [1.54, 1.807) is 0 Å². The lowest BCUT2D eigenvalue weighted by Gasteiger charge is -2.28. The van der Waals surface area contributed by atoms with Crippen molar-refractivity contribution in [3.63, 3.8) is 0 Å². The molecule has 1 unspecified atom stereocenters. The SMILES string of the molecule is CC(CC(=O)Nc1ccc2c(c1)OCCO2)C1CCNCC1. The molecule has 0 radical (unpaired) electrons. The van der Waals surface area contributed by atoms with E-state index >= 15 is 0 Å². The number of anilines is 1. The van der Waals surface area contributed by atoms with Crippen LogP contribution < -0.4 is 20.1 Å². The zero-order chi connectivity index (χ0) is 15.4. The molecule has 1 amide bonds. The Balaban J connectivity index is 1.54. The number of rotatable bonds is 4. The third kappa shape index (κ3) is 3.71. The van der Waals surface area contributed by atoms with Crippen LogP contribution in [0.5, 0.6) is 11.5 Å². The molecule has 0 aromatic heterocycles. The summed E-state index contributed by atoms with van der Waals surface area (Å²) >= 11 is 0. The number of fused-ring (bicyclic) bond motifs is 1. The van der Waals surface area contributed by atoms with Gasteiger partial charge in [-0.3, -0.25) is 4.79 Å². The van der Waals surface area contributed by atoms with Crippen molar-refractivity contribution < 1.29 is 14.3 Å². The Morgan fingerprint density at radius 3 is 2.77 bits per heavy atom. The van der Waals surface area contributed by atoms with Crippen molar-refractivity contribution >= 4 is 11.6 Å². The summed E-state index contributed by atoms with van der Waals surface area (Å²) in [6, 6.07) is 5.54. The van der Waals surface area contributed by atoms with Crippen LogP contribution in [0, 0.1) is 11.8 Å². The van der Waals surface area contributed by atoms with Crippen molar-refractivity contribution in [3.8, 4) is 11.5 Å². The fraction of sp³-hybridized carbons (Fsp3) is 0.588. The molecule has 2 aliphatic rings. The van der Waals surface area contributed by atoms with Crippen LogP contribution in [0.25, 0.3) is 0 Å². The highest BCUT2D eigenvalue weighted by Crippen LogP contribution is 2.33. The van der Waals surface area contributed by atoms with Crippen molar-refractivity contribution in [1.82, 2.24) is 5.32 Å². The summed E-state index contributed by atoms with van der Waals surface area (Å²) in [5.74, 6) is 2.58. The number of hydrogen-bond donors (Lipinski definition) is 2. The molecule has 1 aromatic rings. The van der Waals surface area contributed by atoms with E-state index in [0.717, 1.165) is 24.5 Å². The number of hydrogen-bond acceptors (Lipinski definition) is 4. The molecule has 0 bridgehead atoms. The smallest absolute Gasteiger partial charge is 0.224 e. The molecule has 1 saturated heterocycles. The van der Waals surface area contributed by atoms with Gasteiger partial charge in [-0.15, -0.1) is 0 Å². The summed E-state index contributed by atoms with van der Waals surface area (Å²) in [4.78, 5) is 12.2. The van der Waals surface area contributed by atoms with Crippen molar-refractivity contribution in [2.24, 2.45) is 11.8 Å².